The monoisotopic (exact) mass is 408 g/mol. The number of benzene rings is 1. The molecule has 1 aromatic rings. The molecule has 3 rings (SSSR count). The zero-order valence-electron chi connectivity index (χ0n) is 17.7. The van der Waals surface area contributed by atoms with E-state index in [4.69, 9.17) is 0 Å². The molecule has 5 nitrogen and oxygen atoms in total. The predicted octanol–water partition coefficient (Wildman–Crippen LogP) is 5.00. The Balaban J connectivity index is 0.00000280. The summed E-state index contributed by atoms with van der Waals surface area (Å²) in [5, 5.41) is 9.46. The quantitative estimate of drug-likeness (QED) is 0.765. The molecule has 0 aromatic heterocycles. The minimum atomic E-state index is -0.849. The summed E-state index contributed by atoms with van der Waals surface area (Å²) < 4.78 is 0. The number of anilines is 1. The second kappa shape index (κ2) is 7.58. The van der Waals surface area contributed by atoms with Gasteiger partial charge in [0.1, 0.15) is 0 Å². The molecule has 1 unspecified atom stereocenters. The Morgan fingerprint density at radius 1 is 1.21 bits per heavy atom. The van der Waals surface area contributed by atoms with Gasteiger partial charge in [-0.1, -0.05) is 52.8 Å². The van der Waals surface area contributed by atoms with Crippen LogP contribution in [0.1, 0.15) is 58.9 Å². The normalized spacial score (nSPS) is 26.3. The molecule has 1 heterocycles. The predicted molar refractivity (Wildman–Crippen MR) is 114 cm³/mol. The summed E-state index contributed by atoms with van der Waals surface area (Å²) in [5.41, 5.74) is 2.00. The number of likely N-dealkylation sites (tertiary alicyclic amines) is 1. The van der Waals surface area contributed by atoms with Gasteiger partial charge in [0.05, 0.1) is 0 Å². The van der Waals surface area contributed by atoms with Crippen LogP contribution in [0.25, 0.3) is 0 Å². The van der Waals surface area contributed by atoms with Crippen molar-refractivity contribution in [2.45, 2.75) is 59.4 Å². The second-order valence-corrected chi connectivity index (χ2v) is 9.76. The molecule has 1 N–H and O–H groups in total. The van der Waals surface area contributed by atoms with Crippen LogP contribution in [-0.2, 0) is 4.79 Å². The minimum absolute atomic E-state index is 0. The summed E-state index contributed by atoms with van der Waals surface area (Å²) in [6.07, 6.45) is 0.718. The topological polar surface area (TPSA) is 60.9 Å². The van der Waals surface area contributed by atoms with E-state index in [1.54, 1.807) is 9.80 Å². The van der Waals surface area contributed by atoms with Crippen LogP contribution in [-0.4, -0.2) is 41.6 Å². The van der Waals surface area contributed by atoms with Gasteiger partial charge in [0.15, 0.2) is 0 Å². The number of hydrogen-bond donors (Lipinski definition) is 1. The fourth-order valence-corrected chi connectivity index (χ4v) is 5.42. The Bertz CT molecular complexity index is 750. The first-order valence-electron chi connectivity index (χ1n) is 9.84. The SMILES string of the molecule is CC(C)c1ccccc1N(C)C(=O)C1CC2(C1)CN(C(=O)O)C2C(C)(C)C.Cl. The van der Waals surface area contributed by atoms with Crippen LogP contribution in [0.4, 0.5) is 10.5 Å². The number of hydrogen-bond acceptors (Lipinski definition) is 2. The van der Waals surface area contributed by atoms with E-state index in [1.807, 2.05) is 25.2 Å². The van der Waals surface area contributed by atoms with Crippen LogP contribution in [0.5, 0.6) is 0 Å². The largest absolute Gasteiger partial charge is 0.465 e. The van der Waals surface area contributed by atoms with Gasteiger partial charge >= 0.3 is 6.09 Å². The third kappa shape index (κ3) is 3.61. The Labute approximate surface area is 174 Å². The number of para-hydroxylation sites is 1. The van der Waals surface area contributed by atoms with Crippen LogP contribution in [0.3, 0.4) is 0 Å². The van der Waals surface area contributed by atoms with E-state index in [1.165, 1.54) is 5.56 Å². The first kappa shape index (κ1) is 22.5. The van der Waals surface area contributed by atoms with E-state index in [2.05, 4.69) is 40.7 Å². The molecule has 2 aliphatic rings. The number of carbonyl (C=O) groups is 2. The van der Waals surface area contributed by atoms with E-state index in [0.717, 1.165) is 18.5 Å². The Morgan fingerprint density at radius 2 is 1.79 bits per heavy atom. The highest BCUT2D eigenvalue weighted by molar-refractivity contribution is 5.96. The fourth-order valence-electron chi connectivity index (χ4n) is 5.42. The summed E-state index contributed by atoms with van der Waals surface area (Å²) in [7, 11) is 1.86. The minimum Gasteiger partial charge on any atom is -0.465 e. The van der Waals surface area contributed by atoms with Crippen LogP contribution in [0, 0.1) is 16.7 Å². The molecule has 1 spiro atoms. The van der Waals surface area contributed by atoms with Gasteiger partial charge in [-0.2, -0.15) is 0 Å². The zero-order valence-corrected chi connectivity index (χ0v) is 18.5. The third-order valence-corrected chi connectivity index (χ3v) is 6.35. The van der Waals surface area contributed by atoms with Crippen molar-refractivity contribution in [3.63, 3.8) is 0 Å². The van der Waals surface area contributed by atoms with E-state index in [-0.39, 0.29) is 41.1 Å². The van der Waals surface area contributed by atoms with Gasteiger partial charge < -0.3 is 14.9 Å². The van der Waals surface area contributed by atoms with Crippen molar-refractivity contribution in [1.82, 2.24) is 4.90 Å². The number of rotatable bonds is 3. The molecule has 0 bridgehead atoms. The van der Waals surface area contributed by atoms with Crippen molar-refractivity contribution in [2.75, 3.05) is 18.5 Å². The number of nitrogens with zero attached hydrogens (tertiary/aromatic N) is 2. The van der Waals surface area contributed by atoms with Gasteiger partial charge in [-0.15, -0.1) is 12.4 Å². The molecular weight excluding hydrogens is 376 g/mol. The maximum Gasteiger partial charge on any atom is 0.407 e. The zero-order chi connectivity index (χ0) is 20.1. The summed E-state index contributed by atoms with van der Waals surface area (Å²) in [6, 6.07) is 8.06. The highest BCUT2D eigenvalue weighted by Crippen LogP contribution is 2.60. The lowest BCUT2D eigenvalue weighted by molar-refractivity contribution is -0.177. The molecule has 1 saturated carbocycles. The van der Waals surface area contributed by atoms with Crippen LogP contribution in [0.15, 0.2) is 24.3 Å². The molecule has 1 atom stereocenters. The van der Waals surface area contributed by atoms with Crippen molar-refractivity contribution >= 4 is 30.1 Å². The number of halogens is 1. The van der Waals surface area contributed by atoms with Crippen LogP contribution in [0.2, 0.25) is 0 Å². The highest BCUT2D eigenvalue weighted by Gasteiger charge is 2.65. The van der Waals surface area contributed by atoms with Gasteiger partial charge in [-0.25, -0.2) is 4.79 Å². The van der Waals surface area contributed by atoms with E-state index in [9.17, 15) is 14.7 Å². The average Bonchev–Trinajstić information content (AvgIpc) is 2.49. The molecular formula is C22H33ClN2O3. The summed E-state index contributed by atoms with van der Waals surface area (Å²) >= 11 is 0. The third-order valence-electron chi connectivity index (χ3n) is 6.35. The maximum absolute atomic E-state index is 13.1. The van der Waals surface area contributed by atoms with Crippen molar-refractivity contribution in [3.05, 3.63) is 29.8 Å². The number of amides is 2. The lowest BCUT2D eigenvalue weighted by Gasteiger charge is -2.67. The molecule has 2 amide bonds. The molecule has 1 aliphatic heterocycles. The molecule has 0 radical (unpaired) electrons. The molecule has 2 fully saturated rings. The standard InChI is InChI=1S/C22H32N2O3.ClH/c1-14(2)16-9-7-8-10-17(16)23(6)18(25)15-11-22(12-15)13-24(20(26)27)19(22)21(3,4)5;/h7-10,14-15,19H,11-13H2,1-6H3,(H,26,27);1H. The van der Waals surface area contributed by atoms with Gasteiger partial charge in [-0.05, 0) is 35.8 Å². The van der Waals surface area contributed by atoms with Crippen molar-refractivity contribution < 1.29 is 14.7 Å². The van der Waals surface area contributed by atoms with Gasteiger partial charge in [0.2, 0.25) is 5.91 Å². The smallest absolute Gasteiger partial charge is 0.407 e. The molecule has 1 aliphatic carbocycles. The highest BCUT2D eigenvalue weighted by atomic mass is 35.5. The van der Waals surface area contributed by atoms with Crippen LogP contribution >= 0.6 is 12.4 Å². The maximum atomic E-state index is 13.1. The van der Waals surface area contributed by atoms with Crippen LogP contribution < -0.4 is 4.90 Å². The molecule has 1 saturated heterocycles. The molecule has 6 heteroatoms. The first-order chi connectivity index (χ1) is 12.5. The first-order valence-corrected chi connectivity index (χ1v) is 9.84. The van der Waals surface area contributed by atoms with Gasteiger partial charge in [-0.3, -0.25) is 4.79 Å². The lowest BCUT2D eigenvalue weighted by atomic mass is 9.48. The Morgan fingerprint density at radius 3 is 2.29 bits per heavy atom. The van der Waals surface area contributed by atoms with Crippen molar-refractivity contribution in [1.29, 1.82) is 0 Å². The van der Waals surface area contributed by atoms with Crippen molar-refractivity contribution in [3.8, 4) is 0 Å². The Kier molecular flexibility index (Phi) is 6.10. The Hall–Kier alpha value is -1.75. The van der Waals surface area contributed by atoms with E-state index in [0.29, 0.717) is 12.5 Å². The lowest BCUT2D eigenvalue weighted by Crippen LogP contribution is -2.75. The molecule has 28 heavy (non-hydrogen) atoms. The number of carbonyl (C=O) groups excluding carboxylic acids is 1. The number of carboxylic acid groups (broad SMARTS) is 1. The van der Waals surface area contributed by atoms with Gasteiger partial charge in [0, 0.05) is 36.7 Å². The summed E-state index contributed by atoms with van der Waals surface area (Å²) in [5.74, 6) is 0.483. The van der Waals surface area contributed by atoms with E-state index >= 15 is 0 Å². The second-order valence-electron chi connectivity index (χ2n) is 9.76. The fraction of sp³-hybridized carbons (Fsp3) is 0.636. The summed E-state index contributed by atoms with van der Waals surface area (Å²) in [6.45, 7) is 11.1. The molecule has 1 aromatic carbocycles. The van der Waals surface area contributed by atoms with E-state index < -0.39 is 6.09 Å². The van der Waals surface area contributed by atoms with Crippen molar-refractivity contribution in [2.24, 2.45) is 16.7 Å². The molecule has 156 valence electrons. The average molecular weight is 409 g/mol. The summed E-state index contributed by atoms with van der Waals surface area (Å²) in [4.78, 5) is 28.0. The van der Waals surface area contributed by atoms with Gasteiger partial charge in [0.25, 0.3) is 0 Å².